The lowest BCUT2D eigenvalue weighted by Gasteiger charge is -2.40. The minimum absolute atomic E-state index is 0.0630. The van der Waals surface area contributed by atoms with E-state index in [4.69, 9.17) is 23.7 Å². The van der Waals surface area contributed by atoms with E-state index in [1.807, 2.05) is 0 Å². The average molecular weight is 1090 g/mol. The largest absolute Gasteiger partial charge is 0.479 e. The van der Waals surface area contributed by atoms with Crippen molar-refractivity contribution in [3.63, 3.8) is 0 Å². The zero-order valence-corrected chi connectivity index (χ0v) is 49.7. The summed E-state index contributed by atoms with van der Waals surface area (Å²) in [7, 11) is 0. The molecule has 0 bridgehead atoms. The number of carboxylic acid groups (broad SMARTS) is 1. The summed E-state index contributed by atoms with van der Waals surface area (Å²) in [5.41, 5.74) is 0. The molecule has 77 heavy (non-hydrogen) atoms. The summed E-state index contributed by atoms with van der Waals surface area (Å²) in [6, 6.07) is 0. The number of allylic oxidation sites excluding steroid dienone is 4. The number of carbonyl (C=O) groups is 4. The molecule has 1 aliphatic heterocycles. The standard InChI is InChI=1S/C65H118O12/c1-4-7-10-13-16-19-21-23-25-27-29-31-33-35-37-40-42-45-48-51-57(66)73-54-56(75-58(67)52-49-46-43-39-18-15-12-9-6-3)55-74-65-63(61(70)60(69)62(77-65)64(71)72)76-59(68)53-50-47-44-41-38-36-34-32-30-28-26-24-22-20-17-14-11-8-5-2/h23-26,56,60-63,65,69-70H,4-22,27-55H2,1-3H3,(H,71,72)/b25-23-,26-24-. The summed E-state index contributed by atoms with van der Waals surface area (Å²) in [4.78, 5) is 51.1. The van der Waals surface area contributed by atoms with Crippen molar-refractivity contribution < 1.29 is 58.2 Å². The average Bonchev–Trinajstić information content (AvgIpc) is 3.42. The normalized spacial score (nSPS) is 18.1. The first-order chi connectivity index (χ1) is 37.6. The summed E-state index contributed by atoms with van der Waals surface area (Å²) in [5, 5.41) is 31.5. The van der Waals surface area contributed by atoms with Crippen LogP contribution in [0.15, 0.2) is 24.3 Å². The zero-order chi connectivity index (χ0) is 56.1. The maximum Gasteiger partial charge on any atom is 0.335 e. The summed E-state index contributed by atoms with van der Waals surface area (Å²) in [6.45, 7) is 6.00. The van der Waals surface area contributed by atoms with Gasteiger partial charge < -0.3 is 39.0 Å². The molecule has 6 unspecified atom stereocenters. The number of esters is 3. The summed E-state index contributed by atoms with van der Waals surface area (Å²) in [5.74, 6) is -3.09. The number of aliphatic hydroxyl groups is 2. The number of carbonyl (C=O) groups excluding carboxylic acids is 3. The number of ether oxygens (including phenoxy) is 5. The molecule has 12 nitrogen and oxygen atoms in total. The zero-order valence-electron chi connectivity index (χ0n) is 49.7. The molecule has 1 saturated heterocycles. The lowest BCUT2D eigenvalue weighted by atomic mass is 9.98. The van der Waals surface area contributed by atoms with Gasteiger partial charge in [0.15, 0.2) is 24.6 Å². The van der Waals surface area contributed by atoms with Crippen molar-refractivity contribution in [1.82, 2.24) is 0 Å². The smallest absolute Gasteiger partial charge is 0.335 e. The van der Waals surface area contributed by atoms with Gasteiger partial charge in [-0.15, -0.1) is 0 Å². The Morgan fingerprint density at radius 3 is 1.10 bits per heavy atom. The van der Waals surface area contributed by atoms with Crippen LogP contribution in [-0.4, -0.2) is 89.2 Å². The lowest BCUT2D eigenvalue weighted by molar-refractivity contribution is -0.301. The van der Waals surface area contributed by atoms with Gasteiger partial charge in [0.2, 0.25) is 0 Å². The van der Waals surface area contributed by atoms with Crippen molar-refractivity contribution in [1.29, 1.82) is 0 Å². The number of aliphatic carboxylic acids is 1. The maximum absolute atomic E-state index is 13.1. The van der Waals surface area contributed by atoms with Crippen LogP contribution in [0.3, 0.4) is 0 Å². The molecule has 1 aliphatic rings. The van der Waals surface area contributed by atoms with E-state index in [0.29, 0.717) is 19.3 Å². The first-order valence-corrected chi connectivity index (χ1v) is 32.3. The summed E-state index contributed by atoms with van der Waals surface area (Å²) < 4.78 is 28.5. The minimum atomic E-state index is -1.90. The van der Waals surface area contributed by atoms with E-state index in [1.54, 1.807) is 0 Å². The highest BCUT2D eigenvalue weighted by Crippen LogP contribution is 2.27. The molecule has 0 aromatic carbocycles. The molecule has 0 aliphatic carbocycles. The van der Waals surface area contributed by atoms with E-state index in [2.05, 4.69) is 45.1 Å². The second kappa shape index (κ2) is 53.8. The van der Waals surface area contributed by atoms with Crippen LogP contribution in [0.4, 0.5) is 0 Å². The van der Waals surface area contributed by atoms with Gasteiger partial charge in [-0.3, -0.25) is 14.4 Å². The fourth-order valence-corrected chi connectivity index (χ4v) is 10.0. The van der Waals surface area contributed by atoms with Gasteiger partial charge in [0.1, 0.15) is 18.8 Å². The predicted molar refractivity (Wildman–Crippen MR) is 313 cm³/mol. The molecule has 6 atom stereocenters. The summed E-state index contributed by atoms with van der Waals surface area (Å²) >= 11 is 0. The molecule has 0 spiro atoms. The SMILES string of the molecule is CCCCCCCC/C=C\CCCCCCCCCCCC(=O)OCC(COC1OC(C(=O)O)C(O)C(O)C1OC(=O)CCCCCCCCCCC/C=C\CCCCCCCC)OC(=O)CCCCCCCCCCC. The topological polar surface area (TPSA) is 175 Å². The van der Waals surface area contributed by atoms with Crippen LogP contribution < -0.4 is 0 Å². The second-order valence-electron chi connectivity index (χ2n) is 22.4. The lowest BCUT2D eigenvalue weighted by Crippen LogP contribution is -2.61. The Labute approximate surface area is 470 Å². The highest BCUT2D eigenvalue weighted by atomic mass is 16.7. The van der Waals surface area contributed by atoms with Crippen LogP contribution >= 0.6 is 0 Å². The molecule has 450 valence electrons. The van der Waals surface area contributed by atoms with Crippen molar-refractivity contribution in [2.45, 2.75) is 353 Å². The molecule has 0 amide bonds. The van der Waals surface area contributed by atoms with Gasteiger partial charge in [-0.25, -0.2) is 4.79 Å². The van der Waals surface area contributed by atoms with E-state index in [9.17, 15) is 34.5 Å². The van der Waals surface area contributed by atoms with Crippen molar-refractivity contribution in [2.24, 2.45) is 0 Å². The van der Waals surface area contributed by atoms with Crippen molar-refractivity contribution in [2.75, 3.05) is 13.2 Å². The van der Waals surface area contributed by atoms with Crippen LogP contribution in [0.2, 0.25) is 0 Å². The third kappa shape index (κ3) is 43.7. The number of rotatable bonds is 56. The Kier molecular flexibility index (Phi) is 50.5. The van der Waals surface area contributed by atoms with Gasteiger partial charge in [0.25, 0.3) is 0 Å². The first-order valence-electron chi connectivity index (χ1n) is 32.3. The predicted octanol–water partition coefficient (Wildman–Crippen LogP) is 17.0. The Bertz CT molecular complexity index is 1430. The van der Waals surface area contributed by atoms with Gasteiger partial charge in [-0.1, -0.05) is 251 Å². The molecule has 0 aromatic rings. The van der Waals surface area contributed by atoms with Crippen molar-refractivity contribution >= 4 is 23.9 Å². The fourth-order valence-electron chi connectivity index (χ4n) is 10.0. The van der Waals surface area contributed by atoms with Crippen LogP contribution in [-0.2, 0) is 42.9 Å². The molecule has 3 N–H and O–H groups in total. The van der Waals surface area contributed by atoms with Crippen molar-refractivity contribution in [3.8, 4) is 0 Å². The fraction of sp³-hybridized carbons (Fsp3) is 0.877. The molecule has 1 rings (SSSR count). The number of hydrogen-bond acceptors (Lipinski definition) is 11. The quantitative estimate of drug-likeness (QED) is 0.0228. The van der Waals surface area contributed by atoms with Crippen LogP contribution in [0.1, 0.15) is 316 Å². The van der Waals surface area contributed by atoms with Crippen molar-refractivity contribution in [3.05, 3.63) is 24.3 Å². The monoisotopic (exact) mass is 1090 g/mol. The third-order valence-corrected chi connectivity index (χ3v) is 15.0. The molecule has 0 radical (unpaired) electrons. The summed E-state index contributed by atoms with van der Waals surface area (Å²) in [6.07, 6.45) is 50.1. The third-order valence-electron chi connectivity index (χ3n) is 15.0. The molecule has 0 saturated carbocycles. The maximum atomic E-state index is 13.1. The van der Waals surface area contributed by atoms with Gasteiger partial charge in [0.05, 0.1) is 6.61 Å². The highest BCUT2D eigenvalue weighted by Gasteiger charge is 2.50. The molecular weight excluding hydrogens is 973 g/mol. The molecular formula is C65H118O12. The first kappa shape index (κ1) is 72.2. The van der Waals surface area contributed by atoms with E-state index >= 15 is 0 Å². The molecule has 12 heteroatoms. The van der Waals surface area contributed by atoms with Crippen LogP contribution in [0, 0.1) is 0 Å². The van der Waals surface area contributed by atoms with E-state index in [1.165, 1.54) is 186 Å². The Morgan fingerprint density at radius 1 is 0.416 bits per heavy atom. The number of aliphatic hydroxyl groups excluding tert-OH is 2. The van der Waals surface area contributed by atoms with Crippen LogP contribution in [0.25, 0.3) is 0 Å². The Balaban J connectivity index is 2.57. The van der Waals surface area contributed by atoms with Gasteiger partial charge >= 0.3 is 23.9 Å². The van der Waals surface area contributed by atoms with E-state index < -0.39 is 67.3 Å². The van der Waals surface area contributed by atoms with E-state index in [0.717, 1.165) is 70.6 Å². The molecule has 0 aromatic heterocycles. The van der Waals surface area contributed by atoms with E-state index in [-0.39, 0.29) is 25.9 Å². The highest BCUT2D eigenvalue weighted by molar-refractivity contribution is 5.74. The van der Waals surface area contributed by atoms with Gasteiger partial charge in [-0.2, -0.15) is 0 Å². The number of unbranched alkanes of at least 4 members (excludes halogenated alkanes) is 38. The van der Waals surface area contributed by atoms with Gasteiger partial charge in [0, 0.05) is 19.3 Å². The Hall–Kier alpha value is -2.80. The second-order valence-corrected chi connectivity index (χ2v) is 22.4. The van der Waals surface area contributed by atoms with Crippen LogP contribution in [0.5, 0.6) is 0 Å². The Morgan fingerprint density at radius 2 is 0.740 bits per heavy atom. The minimum Gasteiger partial charge on any atom is -0.479 e. The molecule has 1 fully saturated rings. The molecule has 1 heterocycles. The number of carboxylic acids is 1. The van der Waals surface area contributed by atoms with Gasteiger partial charge in [-0.05, 0) is 70.6 Å². The number of hydrogen-bond donors (Lipinski definition) is 3.